The van der Waals surface area contributed by atoms with Crippen molar-refractivity contribution in [3.8, 4) is 0 Å². The van der Waals surface area contributed by atoms with E-state index in [2.05, 4.69) is 58.9 Å². The zero-order valence-corrected chi connectivity index (χ0v) is 11.7. The van der Waals surface area contributed by atoms with Crippen molar-refractivity contribution in [2.45, 2.75) is 51.7 Å². The molecule has 0 amide bonds. The first-order chi connectivity index (χ1) is 7.68. The van der Waals surface area contributed by atoms with Crippen molar-refractivity contribution < 1.29 is 0 Å². The fourth-order valence-corrected chi connectivity index (χ4v) is 3.02. The van der Waals surface area contributed by atoms with E-state index in [4.69, 9.17) is 0 Å². The molecule has 1 fully saturated rings. The van der Waals surface area contributed by atoms with Crippen LogP contribution in [0.2, 0.25) is 0 Å². The lowest BCUT2D eigenvalue weighted by Crippen LogP contribution is -2.43. The van der Waals surface area contributed by atoms with Crippen molar-refractivity contribution in [2.75, 3.05) is 0 Å². The lowest BCUT2D eigenvalue weighted by molar-refractivity contribution is 0.0950. The van der Waals surface area contributed by atoms with Crippen molar-refractivity contribution in [1.29, 1.82) is 0 Å². The lowest BCUT2D eigenvalue weighted by atomic mass is 9.97. The molecule has 0 spiro atoms. The van der Waals surface area contributed by atoms with Gasteiger partial charge in [-0.05, 0) is 38.3 Å². The number of piperidine rings is 1. The van der Waals surface area contributed by atoms with E-state index < -0.39 is 0 Å². The predicted octanol–water partition coefficient (Wildman–Crippen LogP) is 4.21. The summed E-state index contributed by atoms with van der Waals surface area (Å²) in [6.07, 6.45) is 4.07. The van der Waals surface area contributed by atoms with Crippen LogP contribution in [0.15, 0.2) is 28.7 Å². The molecular weight excluding hydrogens is 262 g/mol. The van der Waals surface area contributed by atoms with E-state index >= 15 is 0 Å². The van der Waals surface area contributed by atoms with Crippen molar-refractivity contribution in [3.05, 3.63) is 34.3 Å². The average molecular weight is 282 g/mol. The van der Waals surface area contributed by atoms with Crippen LogP contribution in [0.5, 0.6) is 0 Å². The van der Waals surface area contributed by atoms with Crippen molar-refractivity contribution in [3.63, 3.8) is 0 Å². The van der Waals surface area contributed by atoms with Crippen LogP contribution in [-0.4, -0.2) is 17.0 Å². The van der Waals surface area contributed by atoms with Crippen LogP contribution in [0.3, 0.4) is 0 Å². The molecule has 0 radical (unpaired) electrons. The third-order valence-electron chi connectivity index (χ3n) is 3.69. The Bertz CT molecular complexity index is 340. The largest absolute Gasteiger partial charge is 0.294 e. The quantitative estimate of drug-likeness (QED) is 0.785. The first-order valence-electron chi connectivity index (χ1n) is 6.17. The Morgan fingerprint density at radius 1 is 1.19 bits per heavy atom. The molecule has 1 saturated heterocycles. The lowest BCUT2D eigenvalue weighted by Gasteiger charge is -2.39. The highest BCUT2D eigenvalue weighted by molar-refractivity contribution is 9.10. The zero-order chi connectivity index (χ0) is 11.5. The minimum absolute atomic E-state index is 0.718. The van der Waals surface area contributed by atoms with E-state index in [1.807, 2.05) is 0 Å². The van der Waals surface area contributed by atoms with Crippen molar-refractivity contribution >= 4 is 15.9 Å². The zero-order valence-electron chi connectivity index (χ0n) is 10.1. The van der Waals surface area contributed by atoms with Crippen LogP contribution < -0.4 is 0 Å². The number of halogens is 1. The Morgan fingerprint density at radius 2 is 1.81 bits per heavy atom. The summed E-state index contributed by atoms with van der Waals surface area (Å²) < 4.78 is 1.24. The summed E-state index contributed by atoms with van der Waals surface area (Å²) in [6.45, 7) is 5.78. The summed E-state index contributed by atoms with van der Waals surface area (Å²) in [5.74, 6) is 0. The fraction of sp³-hybridized carbons (Fsp3) is 0.571. The van der Waals surface area contributed by atoms with Crippen LogP contribution in [0, 0.1) is 0 Å². The number of rotatable bonds is 2. The van der Waals surface area contributed by atoms with Gasteiger partial charge < -0.3 is 0 Å². The number of hydrogen-bond acceptors (Lipinski definition) is 1. The van der Waals surface area contributed by atoms with Gasteiger partial charge in [-0.3, -0.25) is 4.90 Å². The second-order valence-corrected chi connectivity index (χ2v) is 5.75. The van der Waals surface area contributed by atoms with E-state index in [1.54, 1.807) is 0 Å². The molecule has 1 aromatic carbocycles. The van der Waals surface area contributed by atoms with Crippen molar-refractivity contribution in [2.24, 2.45) is 0 Å². The molecule has 2 atom stereocenters. The normalized spacial score (nSPS) is 26.9. The number of benzene rings is 1. The molecule has 0 unspecified atom stereocenters. The molecule has 1 aliphatic rings. The monoisotopic (exact) mass is 281 g/mol. The summed E-state index contributed by atoms with van der Waals surface area (Å²) in [6, 6.07) is 10.00. The first kappa shape index (κ1) is 12.1. The topological polar surface area (TPSA) is 3.24 Å². The predicted molar refractivity (Wildman–Crippen MR) is 72.5 cm³/mol. The minimum atomic E-state index is 0.718. The molecule has 1 aromatic rings. The van der Waals surface area contributed by atoms with E-state index in [-0.39, 0.29) is 0 Å². The number of likely N-dealkylation sites (tertiary alicyclic amines) is 1. The van der Waals surface area contributed by atoms with E-state index in [9.17, 15) is 0 Å². The van der Waals surface area contributed by atoms with Crippen LogP contribution in [0.4, 0.5) is 0 Å². The molecular formula is C14H20BrN. The smallest absolute Gasteiger partial charge is 0.0250 e. The van der Waals surface area contributed by atoms with Gasteiger partial charge in [-0.15, -0.1) is 0 Å². The molecule has 0 bridgehead atoms. The Balaban J connectivity index is 2.11. The average Bonchev–Trinajstić information content (AvgIpc) is 2.26. The maximum absolute atomic E-state index is 3.64. The van der Waals surface area contributed by atoms with Gasteiger partial charge in [0.1, 0.15) is 0 Å². The van der Waals surface area contributed by atoms with E-state index in [1.165, 1.54) is 29.3 Å². The Kier molecular flexibility index (Phi) is 4.04. The molecule has 1 aliphatic heterocycles. The maximum atomic E-state index is 3.64. The van der Waals surface area contributed by atoms with Crippen LogP contribution in [0.1, 0.15) is 38.7 Å². The minimum Gasteiger partial charge on any atom is -0.294 e. The summed E-state index contributed by atoms with van der Waals surface area (Å²) in [4.78, 5) is 2.63. The van der Waals surface area contributed by atoms with Gasteiger partial charge in [-0.2, -0.15) is 0 Å². The molecule has 0 aliphatic carbocycles. The summed E-state index contributed by atoms with van der Waals surface area (Å²) >= 11 is 3.64. The van der Waals surface area contributed by atoms with Gasteiger partial charge >= 0.3 is 0 Å². The van der Waals surface area contributed by atoms with Crippen molar-refractivity contribution in [1.82, 2.24) is 4.90 Å². The third kappa shape index (κ3) is 2.67. The fourth-order valence-electron chi connectivity index (χ4n) is 2.61. The molecule has 2 heteroatoms. The highest BCUT2D eigenvalue weighted by atomic mass is 79.9. The molecule has 0 aromatic heterocycles. The first-order valence-corrected chi connectivity index (χ1v) is 6.97. The Labute approximate surface area is 107 Å². The van der Waals surface area contributed by atoms with Crippen LogP contribution in [-0.2, 0) is 6.54 Å². The van der Waals surface area contributed by atoms with Gasteiger partial charge in [0.25, 0.3) is 0 Å². The van der Waals surface area contributed by atoms with Crippen LogP contribution in [0.25, 0.3) is 0 Å². The van der Waals surface area contributed by atoms with Gasteiger partial charge in [0.05, 0.1) is 0 Å². The Hall–Kier alpha value is -0.340. The van der Waals surface area contributed by atoms with Crippen LogP contribution >= 0.6 is 15.9 Å². The molecule has 1 heterocycles. The SMILES string of the molecule is C[C@@H]1CCC[C@H](C)N1Cc1ccccc1Br. The summed E-state index contributed by atoms with van der Waals surface area (Å²) in [7, 11) is 0. The van der Waals surface area contributed by atoms with E-state index in [0.29, 0.717) is 0 Å². The molecule has 0 saturated carbocycles. The number of hydrogen-bond donors (Lipinski definition) is 0. The summed E-state index contributed by atoms with van der Waals surface area (Å²) in [5, 5.41) is 0. The summed E-state index contributed by atoms with van der Waals surface area (Å²) in [5.41, 5.74) is 1.41. The Morgan fingerprint density at radius 3 is 2.44 bits per heavy atom. The third-order valence-corrected chi connectivity index (χ3v) is 4.46. The highest BCUT2D eigenvalue weighted by Gasteiger charge is 2.24. The maximum Gasteiger partial charge on any atom is 0.0250 e. The standard InChI is InChI=1S/C14H20BrN/c1-11-6-5-7-12(2)16(11)10-13-8-3-4-9-14(13)15/h3-4,8-9,11-12H,5-7,10H2,1-2H3/t11-,12+. The molecule has 0 N–H and O–H groups in total. The van der Waals surface area contributed by atoms with Gasteiger partial charge in [-0.1, -0.05) is 40.5 Å². The highest BCUT2D eigenvalue weighted by Crippen LogP contribution is 2.26. The molecule has 1 nitrogen and oxygen atoms in total. The van der Waals surface area contributed by atoms with Gasteiger partial charge in [0.15, 0.2) is 0 Å². The van der Waals surface area contributed by atoms with Gasteiger partial charge in [0.2, 0.25) is 0 Å². The number of nitrogens with zero attached hydrogens (tertiary/aromatic N) is 1. The second kappa shape index (κ2) is 5.33. The van der Waals surface area contributed by atoms with Gasteiger partial charge in [0, 0.05) is 23.1 Å². The molecule has 16 heavy (non-hydrogen) atoms. The van der Waals surface area contributed by atoms with Gasteiger partial charge in [-0.25, -0.2) is 0 Å². The molecule has 88 valence electrons. The van der Waals surface area contributed by atoms with E-state index in [0.717, 1.165) is 18.6 Å². The molecule has 2 rings (SSSR count). The second-order valence-electron chi connectivity index (χ2n) is 4.89.